The van der Waals surface area contributed by atoms with Crippen molar-refractivity contribution in [2.75, 3.05) is 40.9 Å². The maximum Gasteiger partial charge on any atom is 0.472 e. The monoisotopic (exact) mass is 1180 g/mol. The summed E-state index contributed by atoms with van der Waals surface area (Å²) in [5.74, 6) is -0.509. The van der Waals surface area contributed by atoms with Crippen LogP contribution in [-0.4, -0.2) is 74.3 Å². The van der Waals surface area contributed by atoms with E-state index >= 15 is 0 Å². The molecular formula is C73H136N2O7P+. The van der Waals surface area contributed by atoms with Crippen LogP contribution in [0.15, 0.2) is 72.9 Å². The summed E-state index contributed by atoms with van der Waals surface area (Å²) >= 11 is 0. The molecule has 0 rings (SSSR count). The Morgan fingerprint density at radius 1 is 0.422 bits per heavy atom. The van der Waals surface area contributed by atoms with Gasteiger partial charge in [-0.2, -0.15) is 0 Å². The molecule has 3 atom stereocenters. The van der Waals surface area contributed by atoms with Gasteiger partial charge in [-0.25, -0.2) is 4.57 Å². The number of likely N-dealkylation sites (N-methyl/N-ethyl adjacent to an activating group) is 1. The molecule has 0 saturated carbocycles. The van der Waals surface area contributed by atoms with Gasteiger partial charge in [-0.3, -0.25) is 18.6 Å². The van der Waals surface area contributed by atoms with Gasteiger partial charge in [-0.05, 0) is 102 Å². The summed E-state index contributed by atoms with van der Waals surface area (Å²) in [6.45, 7) is 7.00. The molecule has 0 aliphatic rings. The highest BCUT2D eigenvalue weighted by Crippen LogP contribution is 2.43. The number of quaternary nitrogens is 1. The van der Waals surface area contributed by atoms with Crippen LogP contribution in [0, 0.1) is 0 Å². The third-order valence-corrected chi connectivity index (χ3v) is 16.6. The average Bonchev–Trinajstić information content (AvgIpc) is 3.51. The molecule has 0 fully saturated rings. The second kappa shape index (κ2) is 62.5. The third kappa shape index (κ3) is 63.8. The predicted molar refractivity (Wildman–Crippen MR) is 360 cm³/mol. The van der Waals surface area contributed by atoms with Gasteiger partial charge >= 0.3 is 13.8 Å². The zero-order chi connectivity index (χ0) is 60.7. The van der Waals surface area contributed by atoms with Crippen molar-refractivity contribution >= 4 is 19.7 Å². The Morgan fingerprint density at radius 3 is 1.13 bits per heavy atom. The largest absolute Gasteiger partial charge is 0.472 e. The zero-order valence-electron chi connectivity index (χ0n) is 55.4. The Bertz CT molecular complexity index is 1650. The van der Waals surface area contributed by atoms with Crippen molar-refractivity contribution in [2.45, 2.75) is 341 Å². The highest BCUT2D eigenvalue weighted by Gasteiger charge is 2.30. The SMILES string of the molecule is CCCCC/C=C\C/C=C\C/C=C\C/C=C\CCCCCCCCCC(=O)NC(COP(=O)(O)OCC[N+](C)(C)C)C(/C=C/CCCCCCCCCCC)OC(=O)CCCCCCCCCCCCCCC/C=C/CCCCCCCC. The molecule has 83 heavy (non-hydrogen) atoms. The van der Waals surface area contributed by atoms with Gasteiger partial charge in [0.2, 0.25) is 5.91 Å². The number of nitrogens with one attached hydrogen (secondary N) is 1. The lowest BCUT2D eigenvalue weighted by atomic mass is 10.0. The van der Waals surface area contributed by atoms with Crippen LogP contribution >= 0.6 is 7.82 Å². The summed E-state index contributed by atoms with van der Waals surface area (Å²) in [5.41, 5.74) is 0. The van der Waals surface area contributed by atoms with E-state index in [-0.39, 0.29) is 31.5 Å². The van der Waals surface area contributed by atoms with Gasteiger partial charge < -0.3 is 19.4 Å². The molecule has 3 unspecified atom stereocenters. The molecule has 9 nitrogen and oxygen atoms in total. The molecule has 0 saturated heterocycles. The molecule has 2 N–H and O–H groups in total. The van der Waals surface area contributed by atoms with Crippen molar-refractivity contribution in [1.29, 1.82) is 0 Å². The van der Waals surface area contributed by atoms with Gasteiger partial charge in [0.05, 0.1) is 33.8 Å². The van der Waals surface area contributed by atoms with Gasteiger partial charge in [0.25, 0.3) is 0 Å². The van der Waals surface area contributed by atoms with Crippen LogP contribution < -0.4 is 5.32 Å². The Hall–Kier alpha value is -2.55. The van der Waals surface area contributed by atoms with Gasteiger partial charge in [0, 0.05) is 12.8 Å². The summed E-state index contributed by atoms with van der Waals surface area (Å²) in [6.07, 6.45) is 82.0. The average molecular weight is 1180 g/mol. The van der Waals surface area contributed by atoms with Crippen LogP contribution in [0.1, 0.15) is 329 Å². The van der Waals surface area contributed by atoms with Crippen LogP contribution in [0.5, 0.6) is 0 Å². The minimum atomic E-state index is -4.46. The van der Waals surface area contributed by atoms with Gasteiger partial charge in [0.1, 0.15) is 19.3 Å². The Kier molecular flexibility index (Phi) is 60.6. The Balaban J connectivity index is 5.07. The maximum absolute atomic E-state index is 13.6. The molecule has 0 aliphatic heterocycles. The summed E-state index contributed by atoms with van der Waals surface area (Å²) in [5, 5.41) is 3.06. The van der Waals surface area contributed by atoms with Gasteiger partial charge in [-0.15, -0.1) is 0 Å². The number of carbonyl (C=O) groups is 2. The third-order valence-electron chi connectivity index (χ3n) is 15.6. The van der Waals surface area contributed by atoms with Crippen molar-refractivity contribution < 1.29 is 37.3 Å². The van der Waals surface area contributed by atoms with Crippen LogP contribution in [0.3, 0.4) is 0 Å². The van der Waals surface area contributed by atoms with E-state index in [4.69, 9.17) is 13.8 Å². The van der Waals surface area contributed by atoms with Crippen molar-refractivity contribution in [3.8, 4) is 0 Å². The summed E-state index contributed by atoms with van der Waals surface area (Å²) in [6, 6.07) is -0.857. The van der Waals surface area contributed by atoms with E-state index in [2.05, 4.69) is 86.8 Å². The second-order valence-electron chi connectivity index (χ2n) is 25.0. The number of unbranched alkanes of at least 4 members (excludes halogenated alkanes) is 38. The van der Waals surface area contributed by atoms with E-state index in [1.165, 1.54) is 205 Å². The minimum absolute atomic E-state index is 0.0365. The molecule has 0 bridgehead atoms. The number of amides is 1. The summed E-state index contributed by atoms with van der Waals surface area (Å²) in [4.78, 5) is 37.9. The lowest BCUT2D eigenvalue weighted by molar-refractivity contribution is -0.870. The van der Waals surface area contributed by atoms with Gasteiger partial charge in [0.15, 0.2) is 0 Å². The molecular weight excluding hydrogens is 1050 g/mol. The minimum Gasteiger partial charge on any atom is -0.456 e. The Morgan fingerprint density at radius 2 is 0.735 bits per heavy atom. The normalized spacial score (nSPS) is 14.0. The Labute approximate surface area is 514 Å². The number of carbonyl (C=O) groups excluding carboxylic acids is 2. The van der Waals surface area contributed by atoms with Crippen LogP contribution in [0.25, 0.3) is 0 Å². The number of nitrogens with zero attached hydrogens (tertiary/aromatic N) is 1. The van der Waals surface area contributed by atoms with E-state index in [1.54, 1.807) is 0 Å². The molecule has 0 aromatic heterocycles. The number of phosphoric acid groups is 1. The van der Waals surface area contributed by atoms with E-state index in [0.29, 0.717) is 17.4 Å². The van der Waals surface area contributed by atoms with E-state index in [9.17, 15) is 19.0 Å². The smallest absolute Gasteiger partial charge is 0.456 e. The molecule has 0 heterocycles. The molecule has 1 amide bonds. The fraction of sp³-hybridized carbons (Fsp3) is 0.808. The predicted octanol–water partition coefficient (Wildman–Crippen LogP) is 22.3. The van der Waals surface area contributed by atoms with Crippen LogP contribution in [0.2, 0.25) is 0 Å². The fourth-order valence-corrected chi connectivity index (χ4v) is 10.9. The lowest BCUT2D eigenvalue weighted by Gasteiger charge is -2.27. The van der Waals surface area contributed by atoms with Gasteiger partial charge in [-0.1, -0.05) is 287 Å². The number of hydrogen-bond donors (Lipinski definition) is 2. The second-order valence-corrected chi connectivity index (χ2v) is 26.5. The fourth-order valence-electron chi connectivity index (χ4n) is 10.2. The maximum atomic E-state index is 13.6. The van der Waals surface area contributed by atoms with E-state index < -0.39 is 20.0 Å². The molecule has 0 aromatic carbocycles. The van der Waals surface area contributed by atoms with Crippen molar-refractivity contribution in [3.63, 3.8) is 0 Å². The molecule has 10 heteroatoms. The first kappa shape index (κ1) is 80.5. The van der Waals surface area contributed by atoms with Crippen molar-refractivity contribution in [1.82, 2.24) is 5.32 Å². The van der Waals surface area contributed by atoms with E-state index in [0.717, 1.165) is 89.9 Å². The first-order valence-electron chi connectivity index (χ1n) is 35.3. The highest BCUT2D eigenvalue weighted by molar-refractivity contribution is 7.47. The number of hydrogen-bond acceptors (Lipinski definition) is 6. The molecule has 484 valence electrons. The molecule has 0 radical (unpaired) electrons. The van der Waals surface area contributed by atoms with E-state index in [1.807, 2.05) is 33.3 Å². The van der Waals surface area contributed by atoms with Crippen LogP contribution in [0.4, 0.5) is 0 Å². The standard InChI is InChI=1S/C73H135N2O7P/c1-7-10-13-16-19-22-25-27-29-31-33-35-37-39-41-43-45-47-50-53-56-59-62-65-72(76)74-70(69-81-83(78,79)80-68-67-75(4,5)6)71(64-61-58-55-52-49-24-21-18-15-12-9-3)82-73(77)66-63-60-57-54-51-48-46-44-42-40-38-36-34-32-30-28-26-23-20-17-14-11-8-2/h19,22,27-30,33,35,39,41,61,64,70-71H,7-18,20-21,23-26,31-32,34,36-38,40,42-60,62-63,65-69H2,1-6H3,(H-,74,76,78,79)/p+1/b22-19-,29-27-,30-28+,35-33-,41-39-,64-61+. The molecule has 0 aromatic rings. The molecule has 0 spiro atoms. The number of phosphoric ester groups is 1. The zero-order valence-corrected chi connectivity index (χ0v) is 56.3. The number of rotatable bonds is 64. The molecule has 0 aliphatic carbocycles. The van der Waals surface area contributed by atoms with Crippen molar-refractivity contribution in [2.24, 2.45) is 0 Å². The summed E-state index contributed by atoms with van der Waals surface area (Å²) < 4.78 is 30.8. The van der Waals surface area contributed by atoms with Crippen molar-refractivity contribution in [3.05, 3.63) is 72.9 Å². The lowest BCUT2D eigenvalue weighted by Crippen LogP contribution is -2.47. The summed E-state index contributed by atoms with van der Waals surface area (Å²) in [7, 11) is 1.49. The quantitative estimate of drug-likeness (QED) is 0.0205. The number of allylic oxidation sites excluding steroid dienone is 11. The first-order chi connectivity index (χ1) is 40.4. The number of esters is 1. The highest BCUT2D eigenvalue weighted by atomic mass is 31.2. The topological polar surface area (TPSA) is 111 Å². The van der Waals surface area contributed by atoms with Crippen LogP contribution in [-0.2, 0) is 27.9 Å². The number of ether oxygens (including phenoxy) is 1. The first-order valence-corrected chi connectivity index (χ1v) is 36.8.